The van der Waals surface area contributed by atoms with E-state index in [1.165, 1.54) is 19.5 Å². The molecule has 0 N–H and O–H groups in total. The van der Waals surface area contributed by atoms with Crippen LogP contribution in [0.4, 0.5) is 0 Å². The molecule has 0 spiro atoms. The Hall–Kier alpha value is -1.96. The zero-order valence-corrected chi connectivity index (χ0v) is 17.8. The smallest absolute Gasteiger partial charge is 0.413 e. The highest BCUT2D eigenvalue weighted by molar-refractivity contribution is 8.07. The molecule has 0 bridgehead atoms. The summed E-state index contributed by atoms with van der Waals surface area (Å²) in [5.74, 6) is 0.295. The second-order valence-electron chi connectivity index (χ2n) is 5.37. The molecule has 28 heavy (non-hydrogen) atoms. The van der Waals surface area contributed by atoms with Crippen molar-refractivity contribution >= 4 is 47.4 Å². The summed E-state index contributed by atoms with van der Waals surface area (Å²) in [6.07, 6.45) is 3.02. The van der Waals surface area contributed by atoms with Crippen LogP contribution in [0.5, 0.6) is 5.75 Å². The number of rotatable bonds is 8. The summed E-state index contributed by atoms with van der Waals surface area (Å²) in [6.45, 7) is -2.93. The first kappa shape index (κ1) is 20.8. The molecule has 146 valence electrons. The van der Waals surface area contributed by atoms with Crippen LogP contribution in [0, 0.1) is 0 Å². The van der Waals surface area contributed by atoms with E-state index >= 15 is 0 Å². The van der Waals surface area contributed by atoms with E-state index in [2.05, 4.69) is 15.2 Å². The van der Waals surface area contributed by atoms with Crippen molar-refractivity contribution in [2.24, 2.45) is 5.16 Å². The largest absolute Gasteiger partial charge is 0.455 e. The fourth-order valence-corrected chi connectivity index (χ4v) is 3.74. The summed E-state index contributed by atoms with van der Waals surface area (Å²) in [5, 5.41) is 9.07. The number of oxime groups is 1. The lowest BCUT2D eigenvalue weighted by Gasteiger charge is -2.19. The first-order chi connectivity index (χ1) is 13.5. The van der Waals surface area contributed by atoms with Crippen LogP contribution in [-0.4, -0.2) is 27.6 Å². The molecule has 0 aliphatic carbocycles. The predicted octanol–water partition coefficient (Wildman–Crippen LogP) is 4.96. The lowest BCUT2D eigenvalue weighted by Crippen LogP contribution is -2.13. The predicted molar refractivity (Wildman–Crippen MR) is 112 cm³/mol. The average molecular weight is 457 g/mol. The fraction of sp³-hybridized carbons (Fsp3) is 0.118. The molecule has 0 saturated carbocycles. The molecule has 0 aliphatic rings. The molecular formula is C17H15Cl2N4O3PS. The van der Waals surface area contributed by atoms with Crippen LogP contribution in [0.1, 0.15) is 5.56 Å². The summed E-state index contributed by atoms with van der Waals surface area (Å²) in [4.78, 5) is 3.93. The van der Waals surface area contributed by atoms with Crippen molar-refractivity contribution in [3.8, 4) is 5.75 Å². The van der Waals surface area contributed by atoms with Crippen molar-refractivity contribution in [2.75, 3.05) is 7.11 Å². The van der Waals surface area contributed by atoms with Crippen molar-refractivity contribution in [2.45, 2.75) is 6.54 Å². The standard InChI is InChI=1S/C17H15Cl2N4O3PS/c1-24-27(28,25-17-8-7-14(18)9-15(17)19)26-22-16(10-23-12-20-11-21-23)13-5-3-2-4-6-13/h2-9,11-12H,10H2,1H3/b22-16+. The zero-order valence-electron chi connectivity index (χ0n) is 14.6. The van der Waals surface area contributed by atoms with Crippen LogP contribution in [0.2, 0.25) is 10.0 Å². The highest BCUT2D eigenvalue weighted by atomic mass is 35.5. The van der Waals surface area contributed by atoms with Gasteiger partial charge in [0.1, 0.15) is 24.1 Å². The third-order valence-corrected chi connectivity index (χ3v) is 6.01. The number of hydrogen-bond acceptors (Lipinski definition) is 7. The second-order valence-corrected chi connectivity index (χ2v) is 9.17. The van der Waals surface area contributed by atoms with Crippen molar-refractivity contribution in [1.82, 2.24) is 14.8 Å². The van der Waals surface area contributed by atoms with Gasteiger partial charge in [-0.1, -0.05) is 58.7 Å². The maximum atomic E-state index is 6.14. The molecule has 11 heteroatoms. The Balaban J connectivity index is 1.85. The third-order valence-electron chi connectivity index (χ3n) is 3.46. The van der Waals surface area contributed by atoms with E-state index in [1.54, 1.807) is 23.1 Å². The molecule has 1 unspecified atom stereocenters. The van der Waals surface area contributed by atoms with E-state index in [0.717, 1.165) is 5.56 Å². The summed E-state index contributed by atoms with van der Waals surface area (Å²) in [5.41, 5.74) is 1.41. The van der Waals surface area contributed by atoms with Crippen molar-refractivity contribution in [3.63, 3.8) is 0 Å². The Bertz CT molecular complexity index is 1000. The minimum Gasteiger partial charge on any atom is -0.413 e. The maximum Gasteiger partial charge on any atom is 0.455 e. The Labute approximate surface area is 177 Å². The molecule has 3 aromatic rings. The van der Waals surface area contributed by atoms with Gasteiger partial charge in [0, 0.05) is 29.5 Å². The zero-order chi connectivity index (χ0) is 20.0. The normalized spacial score (nSPS) is 13.8. The van der Waals surface area contributed by atoms with Crippen LogP contribution < -0.4 is 4.52 Å². The molecule has 3 rings (SSSR count). The minimum absolute atomic E-state index is 0.289. The number of hydrogen-bond donors (Lipinski definition) is 0. The molecule has 0 saturated heterocycles. The van der Waals surface area contributed by atoms with Crippen molar-refractivity contribution < 1.29 is 13.7 Å². The summed E-state index contributed by atoms with van der Waals surface area (Å²) in [7, 11) is 1.39. The number of nitrogens with zero attached hydrogens (tertiary/aromatic N) is 4. The van der Waals surface area contributed by atoms with Gasteiger partial charge in [0.05, 0.1) is 11.6 Å². The van der Waals surface area contributed by atoms with Crippen molar-refractivity contribution in [3.05, 3.63) is 76.8 Å². The van der Waals surface area contributed by atoms with Crippen LogP contribution in [0.15, 0.2) is 66.3 Å². The highest BCUT2D eigenvalue weighted by Gasteiger charge is 2.24. The number of aromatic nitrogens is 3. The highest BCUT2D eigenvalue weighted by Crippen LogP contribution is 2.51. The molecule has 0 amide bonds. The summed E-state index contributed by atoms with van der Waals surface area (Å²) >= 11 is 17.5. The van der Waals surface area contributed by atoms with Gasteiger partial charge in [0.2, 0.25) is 0 Å². The first-order valence-corrected chi connectivity index (χ1v) is 11.2. The second kappa shape index (κ2) is 9.49. The fourth-order valence-electron chi connectivity index (χ4n) is 2.13. The van der Waals surface area contributed by atoms with Crippen LogP contribution in [0.3, 0.4) is 0 Å². The minimum atomic E-state index is -3.26. The van der Waals surface area contributed by atoms with Crippen LogP contribution in [-0.2, 0) is 27.5 Å². The molecule has 1 aromatic heterocycles. The number of halogens is 2. The molecule has 2 aromatic carbocycles. The van der Waals surface area contributed by atoms with Gasteiger partial charge in [-0.15, -0.1) is 0 Å². The van der Waals surface area contributed by atoms with E-state index in [9.17, 15) is 0 Å². The van der Waals surface area contributed by atoms with E-state index in [4.69, 9.17) is 48.7 Å². The molecule has 0 aliphatic heterocycles. The van der Waals surface area contributed by atoms with Gasteiger partial charge in [0.25, 0.3) is 0 Å². The Morgan fingerprint density at radius 3 is 2.64 bits per heavy atom. The lowest BCUT2D eigenvalue weighted by atomic mass is 10.1. The van der Waals surface area contributed by atoms with Gasteiger partial charge < -0.3 is 9.15 Å². The first-order valence-electron chi connectivity index (χ1n) is 7.93. The topological polar surface area (TPSA) is 70.8 Å². The molecule has 7 nitrogen and oxygen atoms in total. The maximum absolute atomic E-state index is 6.14. The molecular weight excluding hydrogens is 442 g/mol. The van der Waals surface area contributed by atoms with Crippen LogP contribution >= 0.6 is 29.9 Å². The third kappa shape index (κ3) is 5.53. The molecule has 0 fully saturated rings. The SMILES string of the molecule is COP(=S)(O/N=C(\Cn1cncn1)c1ccccc1)Oc1ccc(Cl)cc1Cl. The molecule has 1 heterocycles. The quantitative estimate of drug-likeness (QED) is 0.271. The number of benzene rings is 2. The van der Waals surface area contributed by atoms with E-state index in [0.29, 0.717) is 23.0 Å². The monoisotopic (exact) mass is 456 g/mol. The average Bonchev–Trinajstić information content (AvgIpc) is 3.21. The van der Waals surface area contributed by atoms with Gasteiger partial charge in [0.15, 0.2) is 0 Å². The summed E-state index contributed by atoms with van der Waals surface area (Å²) < 4.78 is 18.2. The van der Waals surface area contributed by atoms with Gasteiger partial charge in [-0.25, -0.2) is 9.67 Å². The van der Waals surface area contributed by atoms with Gasteiger partial charge in [-0.3, -0.25) is 4.52 Å². The van der Waals surface area contributed by atoms with E-state index < -0.39 is 6.72 Å². The molecule has 1 atom stereocenters. The Morgan fingerprint density at radius 1 is 1.21 bits per heavy atom. The van der Waals surface area contributed by atoms with Crippen LogP contribution in [0.25, 0.3) is 0 Å². The lowest BCUT2D eigenvalue weighted by molar-refractivity contribution is 0.240. The summed E-state index contributed by atoms with van der Waals surface area (Å²) in [6, 6.07) is 14.2. The van der Waals surface area contributed by atoms with E-state index in [-0.39, 0.29) is 5.02 Å². The van der Waals surface area contributed by atoms with E-state index in [1.807, 2.05) is 30.3 Å². The van der Waals surface area contributed by atoms with Gasteiger partial charge in [-0.05, 0) is 18.2 Å². The Morgan fingerprint density at radius 2 is 2.00 bits per heavy atom. The molecule has 0 radical (unpaired) electrons. The van der Waals surface area contributed by atoms with Crippen molar-refractivity contribution in [1.29, 1.82) is 0 Å². The Kier molecular flexibility index (Phi) is 7.04. The van der Waals surface area contributed by atoms with Gasteiger partial charge in [-0.2, -0.15) is 5.10 Å². The van der Waals surface area contributed by atoms with Gasteiger partial charge >= 0.3 is 6.72 Å².